The van der Waals surface area contributed by atoms with Gasteiger partial charge in [-0.15, -0.1) is 10.2 Å². The van der Waals surface area contributed by atoms with E-state index in [2.05, 4.69) is 57.9 Å². The van der Waals surface area contributed by atoms with Crippen LogP contribution in [0.1, 0.15) is 27.2 Å². The van der Waals surface area contributed by atoms with Crippen LogP contribution in [0.2, 0.25) is 0 Å². The Bertz CT molecular complexity index is 1070. The molecule has 0 aliphatic carbocycles. The van der Waals surface area contributed by atoms with Crippen LogP contribution >= 0.6 is 11.8 Å². The second-order valence-corrected chi connectivity index (χ2v) is 8.06. The third-order valence-electron chi connectivity index (χ3n) is 4.75. The summed E-state index contributed by atoms with van der Waals surface area (Å²) in [6.45, 7) is 7.05. The second-order valence-electron chi connectivity index (χ2n) is 6.65. The molecule has 0 aliphatic rings. The van der Waals surface area contributed by atoms with Gasteiger partial charge in [0, 0.05) is 33.6 Å². The van der Waals surface area contributed by atoms with Gasteiger partial charge in [-0.3, -0.25) is 4.57 Å². The van der Waals surface area contributed by atoms with E-state index < -0.39 is 0 Å². The number of benzene rings is 2. The van der Waals surface area contributed by atoms with Crippen LogP contribution in [0.15, 0.2) is 59.9 Å². The van der Waals surface area contributed by atoms with E-state index in [4.69, 9.17) is 4.74 Å². The molecule has 1 N–H and O–H groups in total. The van der Waals surface area contributed by atoms with Crippen LogP contribution in [0, 0.1) is 0 Å². The van der Waals surface area contributed by atoms with Crippen LogP contribution in [0.5, 0.6) is 5.75 Å². The molecule has 28 heavy (non-hydrogen) atoms. The van der Waals surface area contributed by atoms with Crippen LogP contribution in [-0.2, 0) is 0 Å². The molecule has 4 aromatic rings. The van der Waals surface area contributed by atoms with Crippen molar-refractivity contribution in [2.75, 3.05) is 6.61 Å². The summed E-state index contributed by atoms with van der Waals surface area (Å²) < 4.78 is 7.74. The summed E-state index contributed by atoms with van der Waals surface area (Å²) in [5.41, 5.74) is 3.17. The summed E-state index contributed by atoms with van der Waals surface area (Å²) in [5.74, 6) is 1.71. The molecule has 5 nitrogen and oxygen atoms in total. The van der Waals surface area contributed by atoms with Gasteiger partial charge in [-0.05, 0) is 43.7 Å². The van der Waals surface area contributed by atoms with Crippen LogP contribution in [0.4, 0.5) is 0 Å². The molecule has 0 fully saturated rings. The smallest absolute Gasteiger partial charge is 0.196 e. The van der Waals surface area contributed by atoms with Crippen molar-refractivity contribution < 1.29 is 4.74 Å². The van der Waals surface area contributed by atoms with E-state index in [0.717, 1.165) is 45.3 Å². The largest absolute Gasteiger partial charge is 0.494 e. The number of hydrogen-bond donors (Lipinski definition) is 1. The van der Waals surface area contributed by atoms with Gasteiger partial charge in [0.1, 0.15) is 5.75 Å². The molecule has 2 heterocycles. The Balaban J connectivity index is 1.85. The Kier molecular flexibility index (Phi) is 5.39. The van der Waals surface area contributed by atoms with Crippen molar-refractivity contribution in [1.29, 1.82) is 0 Å². The van der Waals surface area contributed by atoms with Crippen molar-refractivity contribution in [2.45, 2.75) is 37.6 Å². The zero-order chi connectivity index (χ0) is 19.5. The lowest BCUT2D eigenvalue weighted by Gasteiger charge is -2.13. The van der Waals surface area contributed by atoms with Gasteiger partial charge in [0.15, 0.2) is 11.0 Å². The number of aromatic amines is 1. The molecule has 0 saturated carbocycles. The molecule has 2 aromatic heterocycles. The molecule has 6 heteroatoms. The molecule has 0 radical (unpaired) electrons. The van der Waals surface area contributed by atoms with E-state index in [1.54, 1.807) is 11.8 Å². The average molecular weight is 393 g/mol. The number of ether oxygens (including phenoxy) is 1. The van der Waals surface area contributed by atoms with Crippen molar-refractivity contribution in [3.8, 4) is 22.8 Å². The highest BCUT2D eigenvalue weighted by molar-refractivity contribution is 7.99. The Morgan fingerprint density at radius 3 is 2.61 bits per heavy atom. The highest BCUT2D eigenvalue weighted by Gasteiger charge is 2.20. The minimum absolute atomic E-state index is 0.460. The number of nitrogens with zero attached hydrogens (tertiary/aromatic N) is 3. The predicted octanol–water partition coefficient (Wildman–Crippen LogP) is 5.70. The highest BCUT2D eigenvalue weighted by Crippen LogP contribution is 2.34. The lowest BCUT2D eigenvalue weighted by atomic mass is 10.1. The van der Waals surface area contributed by atoms with Crippen LogP contribution in [0.25, 0.3) is 28.0 Å². The van der Waals surface area contributed by atoms with E-state index in [1.807, 2.05) is 37.4 Å². The Hall–Kier alpha value is -2.73. The van der Waals surface area contributed by atoms with E-state index in [-0.39, 0.29) is 0 Å². The molecular weight excluding hydrogens is 368 g/mol. The fraction of sp³-hybridized carbons (Fsp3) is 0.273. The normalized spacial score (nSPS) is 12.4. The first-order chi connectivity index (χ1) is 13.7. The monoisotopic (exact) mass is 392 g/mol. The number of hydrogen-bond acceptors (Lipinski definition) is 4. The molecule has 0 saturated heterocycles. The Morgan fingerprint density at radius 2 is 1.86 bits per heavy atom. The number of fused-ring (bicyclic) bond motifs is 1. The maximum Gasteiger partial charge on any atom is 0.196 e. The third-order valence-corrected chi connectivity index (χ3v) is 5.96. The van der Waals surface area contributed by atoms with Crippen molar-refractivity contribution in [2.24, 2.45) is 0 Å². The Morgan fingerprint density at radius 1 is 1.07 bits per heavy atom. The maximum atomic E-state index is 5.60. The van der Waals surface area contributed by atoms with E-state index in [1.165, 1.54) is 0 Å². The third kappa shape index (κ3) is 3.52. The van der Waals surface area contributed by atoms with E-state index >= 15 is 0 Å². The van der Waals surface area contributed by atoms with Gasteiger partial charge in [0.05, 0.1) is 6.61 Å². The van der Waals surface area contributed by atoms with Gasteiger partial charge in [-0.25, -0.2) is 0 Å². The predicted molar refractivity (Wildman–Crippen MR) is 115 cm³/mol. The van der Waals surface area contributed by atoms with Gasteiger partial charge in [-0.1, -0.05) is 43.8 Å². The number of thioether (sulfide) groups is 1. The van der Waals surface area contributed by atoms with E-state index in [0.29, 0.717) is 11.9 Å². The van der Waals surface area contributed by atoms with Crippen LogP contribution in [0.3, 0.4) is 0 Å². The topological polar surface area (TPSA) is 55.7 Å². The average Bonchev–Trinajstić information content (AvgIpc) is 3.32. The zero-order valence-corrected chi connectivity index (χ0v) is 17.2. The highest BCUT2D eigenvalue weighted by atomic mass is 32.2. The lowest BCUT2D eigenvalue weighted by molar-refractivity contribution is 0.340. The standard InChI is InChI=1S/C22H24N4OS/c1-4-15(3)28-22-25-24-21(19-14-23-20-9-7-6-8-18(19)20)26(22)16-10-12-17(13-11-16)27-5-2/h6-15,23H,4-5H2,1-3H3. The van der Waals surface area contributed by atoms with Crippen molar-refractivity contribution >= 4 is 22.7 Å². The molecular formula is C22H24N4OS. The van der Waals surface area contributed by atoms with Crippen molar-refractivity contribution in [1.82, 2.24) is 19.7 Å². The van der Waals surface area contributed by atoms with Gasteiger partial charge in [0.2, 0.25) is 0 Å². The molecule has 0 amide bonds. The molecule has 0 aliphatic heterocycles. The Labute approximate surface area is 169 Å². The number of para-hydroxylation sites is 1. The van der Waals surface area contributed by atoms with Crippen molar-refractivity contribution in [3.63, 3.8) is 0 Å². The summed E-state index contributed by atoms with van der Waals surface area (Å²) in [6, 6.07) is 16.4. The van der Waals surface area contributed by atoms with Gasteiger partial charge < -0.3 is 9.72 Å². The summed E-state index contributed by atoms with van der Waals surface area (Å²) >= 11 is 1.75. The quantitative estimate of drug-likeness (QED) is 0.410. The zero-order valence-electron chi connectivity index (χ0n) is 16.3. The van der Waals surface area contributed by atoms with Crippen LogP contribution < -0.4 is 4.74 Å². The molecule has 4 rings (SSSR count). The minimum atomic E-state index is 0.460. The molecule has 1 unspecified atom stereocenters. The fourth-order valence-electron chi connectivity index (χ4n) is 3.13. The molecule has 0 spiro atoms. The minimum Gasteiger partial charge on any atom is -0.494 e. The summed E-state index contributed by atoms with van der Waals surface area (Å²) in [7, 11) is 0. The first-order valence-electron chi connectivity index (χ1n) is 9.63. The SMILES string of the molecule is CCOc1ccc(-n2c(SC(C)CC)nnc2-c2c[nH]c3ccccc23)cc1. The van der Waals surface area contributed by atoms with Gasteiger partial charge in [0.25, 0.3) is 0 Å². The summed E-state index contributed by atoms with van der Waals surface area (Å²) in [6.07, 6.45) is 3.08. The van der Waals surface area contributed by atoms with Crippen molar-refractivity contribution in [3.05, 3.63) is 54.7 Å². The van der Waals surface area contributed by atoms with Gasteiger partial charge >= 0.3 is 0 Å². The molecule has 1 atom stereocenters. The van der Waals surface area contributed by atoms with E-state index in [9.17, 15) is 0 Å². The molecule has 144 valence electrons. The first kappa shape index (κ1) is 18.6. The summed E-state index contributed by atoms with van der Waals surface area (Å²) in [4.78, 5) is 3.34. The number of H-pyrrole nitrogens is 1. The second kappa shape index (κ2) is 8.10. The molecule has 0 bridgehead atoms. The maximum absolute atomic E-state index is 5.60. The number of nitrogens with one attached hydrogen (secondary N) is 1. The lowest BCUT2D eigenvalue weighted by Crippen LogP contribution is -2.02. The summed E-state index contributed by atoms with van der Waals surface area (Å²) in [5, 5.41) is 11.6. The number of rotatable bonds is 7. The molecule has 2 aromatic carbocycles. The van der Waals surface area contributed by atoms with Gasteiger partial charge in [-0.2, -0.15) is 0 Å². The fourth-order valence-corrected chi connectivity index (χ4v) is 4.04. The first-order valence-corrected chi connectivity index (χ1v) is 10.5. The number of aromatic nitrogens is 4. The van der Waals surface area contributed by atoms with Crippen LogP contribution in [-0.4, -0.2) is 31.6 Å².